The third kappa shape index (κ3) is 9.80. The number of ether oxygens (including phenoxy) is 3. The third-order valence-electron chi connectivity index (χ3n) is 10.2. The Hall–Kier alpha value is -8.42. The van der Waals surface area contributed by atoms with Gasteiger partial charge in [0.25, 0.3) is 11.8 Å². The van der Waals surface area contributed by atoms with Crippen molar-refractivity contribution in [3.8, 4) is 17.2 Å². The number of nitrogens with two attached hydrogens (primary N) is 3. The zero-order valence-corrected chi connectivity index (χ0v) is 36.5. The molecule has 0 bridgehead atoms. The van der Waals surface area contributed by atoms with Gasteiger partial charge in [0, 0.05) is 49.1 Å². The van der Waals surface area contributed by atoms with Crippen molar-refractivity contribution in [2.45, 2.75) is 53.9 Å². The van der Waals surface area contributed by atoms with Crippen LogP contribution in [0.4, 0.5) is 17.6 Å². The van der Waals surface area contributed by atoms with Gasteiger partial charge in [-0.25, -0.2) is 9.97 Å². The number of rotatable bonds is 19. The Morgan fingerprint density at radius 3 is 1.63 bits per heavy atom. The zero-order chi connectivity index (χ0) is 46.4. The van der Waals surface area contributed by atoms with Crippen LogP contribution in [0.25, 0.3) is 22.1 Å². The third-order valence-corrected chi connectivity index (χ3v) is 10.2. The second kappa shape index (κ2) is 19.3. The van der Waals surface area contributed by atoms with Gasteiger partial charge >= 0.3 is 0 Å². The summed E-state index contributed by atoms with van der Waals surface area (Å²) in [5.41, 5.74) is 21.8. The summed E-state index contributed by atoms with van der Waals surface area (Å²) in [6, 6.07) is 16.5. The van der Waals surface area contributed by atoms with E-state index in [1.54, 1.807) is 80.9 Å². The molecule has 0 saturated carbocycles. The summed E-state index contributed by atoms with van der Waals surface area (Å²) in [5.74, 6) is -0.772. The molecule has 7 aromatic rings. The van der Waals surface area contributed by atoms with Gasteiger partial charge in [-0.05, 0) is 88.4 Å². The largest absolute Gasteiger partial charge is 0.494 e. The number of imidazole rings is 2. The standard InChI is InChI=1S/C45H49N13O7/c1-6-57-34(19-26(3)53-57)42(61)51-44-49-32-21-28(40(47)59)23-36(63-5)38(32)55(44)15-8-9-16-56-39-33(50-45(56)52-43(62)35-20-27(4)54-58(35)7-2)22-29(41(48)60)24-37(39)65-18-11-10-17-64-31-14-12-13-30(46)25-31/h8-14,19-25H,6-7,15-18,46H2,1-5H3,(H2,47,59)(H2,48,60)(H,49,51,61)(H,50,52,62)/b9-8+,11-10+. The lowest BCUT2D eigenvalue weighted by atomic mass is 10.1. The number of amides is 4. The molecule has 0 spiro atoms. The molecule has 0 aliphatic carbocycles. The van der Waals surface area contributed by atoms with Crippen LogP contribution in [0.15, 0.2) is 85.0 Å². The average Bonchev–Trinajstić information content (AvgIpc) is 4.05. The van der Waals surface area contributed by atoms with Crippen LogP contribution in [0.3, 0.4) is 0 Å². The minimum Gasteiger partial charge on any atom is -0.494 e. The summed E-state index contributed by atoms with van der Waals surface area (Å²) in [6.07, 6.45) is 7.19. The van der Waals surface area contributed by atoms with E-state index in [0.717, 1.165) is 0 Å². The number of anilines is 3. The van der Waals surface area contributed by atoms with Crippen LogP contribution >= 0.6 is 0 Å². The number of hydrogen-bond acceptors (Lipinski definition) is 12. The Morgan fingerprint density at radius 2 is 1.15 bits per heavy atom. The fraction of sp³-hybridized carbons (Fsp3) is 0.244. The molecule has 8 N–H and O–H groups in total. The molecule has 20 heteroatoms. The maximum Gasteiger partial charge on any atom is 0.276 e. The molecule has 4 heterocycles. The molecule has 20 nitrogen and oxygen atoms in total. The van der Waals surface area contributed by atoms with Crippen LogP contribution in [0.1, 0.15) is 66.9 Å². The van der Waals surface area contributed by atoms with Crippen LogP contribution in [0.5, 0.6) is 17.2 Å². The highest BCUT2D eigenvalue weighted by atomic mass is 16.5. The maximum absolute atomic E-state index is 13.8. The van der Waals surface area contributed by atoms with Gasteiger partial charge in [0.05, 0.1) is 29.5 Å². The van der Waals surface area contributed by atoms with Crippen LogP contribution in [0.2, 0.25) is 0 Å². The number of carbonyl (C=O) groups excluding carboxylic acids is 4. The van der Waals surface area contributed by atoms with E-state index in [0.29, 0.717) is 75.1 Å². The van der Waals surface area contributed by atoms with Crippen molar-refractivity contribution in [3.05, 3.63) is 119 Å². The molecular formula is C45H49N13O7. The number of fused-ring (bicyclic) bond motifs is 2. The van der Waals surface area contributed by atoms with Gasteiger partial charge in [-0.1, -0.05) is 18.2 Å². The van der Waals surface area contributed by atoms with E-state index in [9.17, 15) is 19.2 Å². The summed E-state index contributed by atoms with van der Waals surface area (Å²) < 4.78 is 24.3. The topological polar surface area (TPSA) is 269 Å². The first-order chi connectivity index (χ1) is 31.3. The molecule has 0 aliphatic heterocycles. The fourth-order valence-electron chi connectivity index (χ4n) is 7.21. The second-order valence-corrected chi connectivity index (χ2v) is 14.7. The molecule has 7 rings (SSSR count). The molecular weight excluding hydrogens is 835 g/mol. The first-order valence-corrected chi connectivity index (χ1v) is 20.6. The molecule has 4 aromatic heterocycles. The number of nitrogen functional groups attached to an aromatic ring is 1. The highest BCUT2D eigenvalue weighted by Crippen LogP contribution is 2.33. The van der Waals surface area contributed by atoms with E-state index in [2.05, 4.69) is 20.8 Å². The minimum atomic E-state index is -0.701. The second-order valence-electron chi connectivity index (χ2n) is 14.7. The van der Waals surface area contributed by atoms with Gasteiger partial charge < -0.3 is 40.5 Å². The Kier molecular flexibility index (Phi) is 13.3. The molecule has 0 radical (unpaired) electrons. The van der Waals surface area contributed by atoms with E-state index in [1.165, 1.54) is 31.4 Å². The summed E-state index contributed by atoms with van der Waals surface area (Å²) in [4.78, 5) is 61.8. The normalized spacial score (nSPS) is 11.5. The van der Waals surface area contributed by atoms with Gasteiger partial charge in [0.1, 0.15) is 52.9 Å². The number of aromatic nitrogens is 8. The van der Waals surface area contributed by atoms with E-state index >= 15 is 0 Å². The van der Waals surface area contributed by atoms with Crippen molar-refractivity contribution in [2.75, 3.05) is 36.7 Å². The van der Waals surface area contributed by atoms with Gasteiger partial charge in [-0.15, -0.1) is 0 Å². The quantitative estimate of drug-likeness (QED) is 0.0531. The zero-order valence-electron chi connectivity index (χ0n) is 36.5. The summed E-state index contributed by atoms with van der Waals surface area (Å²) in [7, 11) is 1.45. The van der Waals surface area contributed by atoms with Crippen molar-refractivity contribution in [3.63, 3.8) is 0 Å². The highest BCUT2D eigenvalue weighted by Gasteiger charge is 2.23. The van der Waals surface area contributed by atoms with Gasteiger partial charge in [0.2, 0.25) is 23.7 Å². The number of allylic oxidation sites excluding steroid dienone is 2. The number of methoxy groups -OCH3 is 1. The minimum absolute atomic E-state index is 0.0788. The molecule has 3 aromatic carbocycles. The number of aryl methyl sites for hydroxylation is 4. The van der Waals surface area contributed by atoms with Crippen molar-refractivity contribution in [1.29, 1.82) is 0 Å². The summed E-state index contributed by atoms with van der Waals surface area (Å²) in [6.45, 7) is 8.86. The first kappa shape index (κ1) is 44.6. The number of carbonyl (C=O) groups is 4. The smallest absolute Gasteiger partial charge is 0.276 e. The number of primary amides is 2. The molecule has 65 heavy (non-hydrogen) atoms. The lowest BCUT2D eigenvalue weighted by Gasteiger charge is -2.13. The number of nitrogens with one attached hydrogen (secondary N) is 2. The lowest BCUT2D eigenvalue weighted by molar-refractivity contribution is 0.0991. The van der Waals surface area contributed by atoms with Gasteiger partial charge in [0.15, 0.2) is 0 Å². The molecule has 0 saturated heterocycles. The summed E-state index contributed by atoms with van der Waals surface area (Å²) in [5, 5.41) is 14.7. The Morgan fingerprint density at radius 1 is 0.662 bits per heavy atom. The number of hydrogen-bond donors (Lipinski definition) is 5. The van der Waals surface area contributed by atoms with Gasteiger partial charge in [-0.3, -0.25) is 39.2 Å². The molecule has 0 aliphatic rings. The lowest BCUT2D eigenvalue weighted by Crippen LogP contribution is -2.20. The SMILES string of the molecule is CCn1nc(C)cc1C(=O)Nc1nc2cc(C(N)=O)cc(OC)c2n1C/C=C/Cn1c(NC(=O)c2cc(C)nn2CC)nc2cc(C(N)=O)cc(OC/C=C/COc3cccc(N)c3)c21. The molecule has 0 unspecified atom stereocenters. The molecule has 0 fully saturated rings. The van der Waals surface area contributed by atoms with Crippen molar-refractivity contribution in [2.24, 2.45) is 11.5 Å². The monoisotopic (exact) mass is 883 g/mol. The predicted octanol–water partition coefficient (Wildman–Crippen LogP) is 5.00. The Bertz CT molecular complexity index is 3010. The average molecular weight is 884 g/mol. The van der Waals surface area contributed by atoms with Crippen LogP contribution in [-0.4, -0.2) is 82.6 Å². The Balaban J connectivity index is 1.24. The van der Waals surface area contributed by atoms with Crippen LogP contribution < -0.4 is 42.0 Å². The van der Waals surface area contributed by atoms with Crippen molar-refractivity contribution in [1.82, 2.24) is 38.7 Å². The van der Waals surface area contributed by atoms with E-state index in [4.69, 9.17) is 41.4 Å². The van der Waals surface area contributed by atoms with E-state index < -0.39 is 23.6 Å². The van der Waals surface area contributed by atoms with E-state index in [-0.39, 0.29) is 55.1 Å². The van der Waals surface area contributed by atoms with E-state index in [1.807, 2.05) is 26.0 Å². The van der Waals surface area contributed by atoms with Crippen molar-refractivity contribution >= 4 is 63.3 Å². The Labute approximate surface area is 372 Å². The number of nitrogens with zero attached hydrogens (tertiary/aromatic N) is 8. The molecule has 0 atom stereocenters. The molecule has 4 amide bonds. The summed E-state index contributed by atoms with van der Waals surface area (Å²) >= 11 is 0. The molecule has 336 valence electrons. The fourth-order valence-corrected chi connectivity index (χ4v) is 7.21. The van der Waals surface area contributed by atoms with Crippen LogP contribution in [0, 0.1) is 13.8 Å². The highest BCUT2D eigenvalue weighted by molar-refractivity contribution is 6.05. The van der Waals surface area contributed by atoms with Crippen LogP contribution in [-0.2, 0) is 26.2 Å². The predicted molar refractivity (Wildman–Crippen MR) is 244 cm³/mol. The number of benzene rings is 3. The van der Waals surface area contributed by atoms with Crippen molar-refractivity contribution < 1.29 is 33.4 Å². The van der Waals surface area contributed by atoms with Gasteiger partial charge in [-0.2, -0.15) is 10.2 Å². The first-order valence-electron chi connectivity index (χ1n) is 20.6. The maximum atomic E-state index is 13.8.